The fraction of sp³-hybridized carbons (Fsp3) is 0.362. The molecule has 0 aliphatic carbocycles. The highest BCUT2D eigenvalue weighted by molar-refractivity contribution is 8.32. The smallest absolute Gasteiger partial charge is 0.164 e. The summed E-state index contributed by atoms with van der Waals surface area (Å²) < 4.78 is 0. The van der Waals surface area contributed by atoms with Gasteiger partial charge in [0.05, 0.1) is 0 Å². The number of hydrogen-bond donors (Lipinski definition) is 0. The molecule has 6 heteroatoms. The summed E-state index contributed by atoms with van der Waals surface area (Å²) in [5.74, 6) is 2.42. The van der Waals surface area contributed by atoms with Gasteiger partial charge in [0.25, 0.3) is 0 Å². The summed E-state index contributed by atoms with van der Waals surface area (Å²) in [5.41, 5.74) is 12.1. The van der Waals surface area contributed by atoms with Crippen LogP contribution < -0.4 is 0 Å². The van der Waals surface area contributed by atoms with Gasteiger partial charge >= 0.3 is 0 Å². The van der Waals surface area contributed by atoms with Crippen molar-refractivity contribution in [1.82, 2.24) is 15.0 Å². The van der Waals surface area contributed by atoms with Crippen LogP contribution in [0.25, 0.3) is 77.1 Å². The molecule has 0 bridgehead atoms. The maximum Gasteiger partial charge on any atom is 0.164 e. The molecule has 0 unspecified atom stereocenters. The number of aryl methyl sites for hydroxylation is 3. The first kappa shape index (κ1) is 46.2. The summed E-state index contributed by atoms with van der Waals surface area (Å²) >= 11 is 0. The van der Waals surface area contributed by atoms with E-state index in [4.69, 9.17) is 15.0 Å². The Bertz CT molecular complexity index is 3050. The summed E-state index contributed by atoms with van der Waals surface area (Å²) in [5, 5.41) is 7.54. The van der Waals surface area contributed by atoms with Crippen molar-refractivity contribution in [2.45, 2.75) is 94.3 Å². The Labute approximate surface area is 389 Å². The van der Waals surface area contributed by atoms with E-state index in [-0.39, 0.29) is 10.8 Å². The van der Waals surface area contributed by atoms with Gasteiger partial charge in [0, 0.05) is 16.4 Å². The molecule has 0 saturated heterocycles. The Kier molecular flexibility index (Phi) is 11.5. The molecule has 8 rings (SSSR count). The quantitative estimate of drug-likeness (QED) is 0.135. The largest absolute Gasteiger partial charge is 0.223 e. The van der Waals surface area contributed by atoms with Crippen molar-refractivity contribution in [3.05, 3.63) is 119 Å². The summed E-state index contributed by atoms with van der Waals surface area (Å²) in [7, 11) is -2.71. The average Bonchev–Trinajstić information content (AvgIpc) is 3.21. The second-order valence-corrected chi connectivity index (χ2v) is 34.7. The van der Waals surface area contributed by atoms with E-state index in [1.54, 1.807) is 0 Å². The zero-order valence-corrected chi connectivity index (χ0v) is 44.4. The molecule has 336 valence electrons. The second-order valence-electron chi connectivity index (χ2n) is 22.2. The number of rotatable bonds is 9. The van der Waals surface area contributed by atoms with E-state index in [1.165, 1.54) is 97.1 Å². The van der Waals surface area contributed by atoms with Gasteiger partial charge in [-0.15, -0.1) is 0 Å². The number of hydrogen-bond acceptors (Lipinski definition) is 3. The van der Waals surface area contributed by atoms with Gasteiger partial charge < -0.3 is 0 Å². The summed E-state index contributed by atoms with van der Waals surface area (Å²) in [6.45, 7) is 20.3. The molecule has 7 aromatic carbocycles. The molecule has 64 heavy (non-hydrogen) atoms. The maximum atomic E-state index is 5.44. The molecule has 0 fully saturated rings. The summed E-state index contributed by atoms with van der Waals surface area (Å²) in [6, 6.07) is 36.1. The molecule has 0 spiro atoms. The Morgan fingerprint density at radius 2 is 0.719 bits per heavy atom. The zero-order chi connectivity index (χ0) is 46.6. The molecule has 0 radical (unpaired) electrons. The first-order valence-corrected chi connectivity index (χ1v) is 31.2. The van der Waals surface area contributed by atoms with E-state index in [9.17, 15) is 0 Å². The highest BCUT2D eigenvalue weighted by Crippen LogP contribution is 2.53. The third kappa shape index (κ3) is 8.26. The van der Waals surface area contributed by atoms with E-state index in [2.05, 4.69) is 210 Å². The van der Waals surface area contributed by atoms with Gasteiger partial charge in [-0.3, -0.25) is 0 Å². The maximum absolute atomic E-state index is 5.44. The predicted molar refractivity (Wildman–Crippen MR) is 292 cm³/mol. The van der Waals surface area contributed by atoms with Crippen LogP contribution >= 0.6 is 30.1 Å². The Hall–Kier alpha value is -4.36. The van der Waals surface area contributed by atoms with Crippen LogP contribution in [0, 0.1) is 20.8 Å². The minimum absolute atomic E-state index is 0.223. The molecular weight excluding hydrogens is 835 g/mol. The highest BCUT2D eigenvalue weighted by atomic mass is 32.3. The Morgan fingerprint density at radius 3 is 1.03 bits per heavy atom. The monoisotopic (exact) mass is 905 g/mol. The third-order valence-corrected chi connectivity index (χ3v) is 18.5. The van der Waals surface area contributed by atoms with Gasteiger partial charge in [0.15, 0.2) is 5.82 Å². The van der Waals surface area contributed by atoms with Crippen LogP contribution in [0.3, 0.4) is 0 Å². The lowest BCUT2D eigenvalue weighted by molar-refractivity contribution is 0.453. The molecule has 0 N–H and O–H groups in total. The third-order valence-electron chi connectivity index (χ3n) is 13.5. The van der Waals surface area contributed by atoms with Gasteiger partial charge in [-0.2, -0.15) is 0 Å². The molecule has 1 aromatic heterocycles. The van der Waals surface area contributed by atoms with Crippen molar-refractivity contribution in [1.29, 1.82) is 0 Å². The molecule has 8 aromatic rings. The second kappa shape index (κ2) is 15.9. The average molecular weight is 906 g/mol. The highest BCUT2D eigenvalue weighted by Gasteiger charge is 2.30. The standard InChI is InChI=1S/C58H71N3S3/c1-19-58(8,9)56-60-54(59-55(61-56)57(5,6)7)51-34-50(43-25-22-40(32-37(43)4)64(16,17)18)46-27-26-44-48(41-23-20-38(30-35(41)2)62(10,11)12)33-49(45-28-29-47(51)53(46)52(44)45)42-24-21-39(31-36(42)3)63(13,14)15/h20-34H,19H2,1-18H3. The van der Waals surface area contributed by atoms with E-state index in [0.29, 0.717) is 0 Å². The normalized spacial score (nSPS) is 14.0. The summed E-state index contributed by atoms with van der Waals surface area (Å²) in [6.07, 6.45) is 22.4. The van der Waals surface area contributed by atoms with Crippen molar-refractivity contribution in [2.24, 2.45) is 0 Å². The fourth-order valence-electron chi connectivity index (χ4n) is 9.10. The van der Waals surface area contributed by atoms with Crippen LogP contribution in [-0.4, -0.2) is 71.3 Å². The SMILES string of the molecule is CCC(C)(C)c1nc(-c2cc(-c3ccc(S(C)(C)C)cc3C)c3ccc4c(-c5ccc(S(C)(C)C)cc5C)cc(-c5ccc(S(C)(C)C)cc5C)c5ccc2c3c54)nc(C(C)(C)C)n1. The van der Waals surface area contributed by atoms with Crippen molar-refractivity contribution in [3.8, 4) is 44.8 Å². The minimum Gasteiger partial charge on any atom is -0.223 e. The first-order valence-electron chi connectivity index (χ1n) is 22.6. The van der Waals surface area contributed by atoms with Crippen LogP contribution in [0.15, 0.2) is 106 Å². The Balaban J connectivity index is 1.57. The molecule has 3 nitrogen and oxygen atoms in total. The molecule has 0 atom stereocenters. The van der Waals surface area contributed by atoms with Crippen molar-refractivity contribution >= 4 is 62.4 Å². The number of benzene rings is 7. The molecule has 0 saturated carbocycles. The van der Waals surface area contributed by atoms with Crippen molar-refractivity contribution in [3.63, 3.8) is 0 Å². The molecule has 0 aliphatic heterocycles. The van der Waals surface area contributed by atoms with Crippen LogP contribution in [0.4, 0.5) is 0 Å². The van der Waals surface area contributed by atoms with Gasteiger partial charge in [0.1, 0.15) is 11.6 Å². The van der Waals surface area contributed by atoms with Gasteiger partial charge in [-0.1, -0.05) is 84.0 Å². The van der Waals surface area contributed by atoms with Crippen molar-refractivity contribution < 1.29 is 0 Å². The van der Waals surface area contributed by atoms with Crippen LogP contribution in [0.1, 0.15) is 76.3 Å². The van der Waals surface area contributed by atoms with Crippen LogP contribution in [0.2, 0.25) is 0 Å². The lowest BCUT2D eigenvalue weighted by atomic mass is 9.81. The lowest BCUT2D eigenvalue weighted by Crippen LogP contribution is -2.25. The fourth-order valence-corrected chi connectivity index (χ4v) is 12.1. The summed E-state index contributed by atoms with van der Waals surface area (Å²) in [4.78, 5) is 20.3. The molecular formula is C58H71N3S3. The van der Waals surface area contributed by atoms with E-state index in [1.807, 2.05) is 0 Å². The lowest BCUT2D eigenvalue weighted by Gasteiger charge is -2.28. The topological polar surface area (TPSA) is 38.7 Å². The first-order chi connectivity index (χ1) is 29.7. The number of aromatic nitrogens is 3. The zero-order valence-electron chi connectivity index (χ0n) is 41.9. The molecule has 0 amide bonds. The predicted octanol–water partition coefficient (Wildman–Crippen LogP) is 16.5. The number of nitrogens with zero attached hydrogens (tertiary/aromatic N) is 3. The van der Waals surface area contributed by atoms with Crippen molar-refractivity contribution in [2.75, 3.05) is 56.3 Å². The van der Waals surface area contributed by atoms with E-state index >= 15 is 0 Å². The van der Waals surface area contributed by atoms with E-state index < -0.39 is 30.1 Å². The van der Waals surface area contributed by atoms with Gasteiger partial charge in [-0.25, -0.2) is 45.0 Å². The van der Waals surface area contributed by atoms with Gasteiger partial charge in [0.2, 0.25) is 0 Å². The van der Waals surface area contributed by atoms with Gasteiger partial charge in [-0.05, 0) is 229 Å². The Morgan fingerprint density at radius 1 is 0.391 bits per heavy atom. The van der Waals surface area contributed by atoms with Crippen LogP contribution in [-0.2, 0) is 10.8 Å². The molecule has 0 aliphatic rings. The molecule has 1 heterocycles. The van der Waals surface area contributed by atoms with E-state index in [0.717, 1.165) is 29.5 Å². The minimum atomic E-state index is -0.915. The van der Waals surface area contributed by atoms with Crippen LogP contribution in [0.5, 0.6) is 0 Å².